The number of aromatic carboxylic acids is 1. The van der Waals surface area contributed by atoms with E-state index in [0.717, 1.165) is 0 Å². The smallest absolute Gasteiger partial charge is 0.337 e. The van der Waals surface area contributed by atoms with Gasteiger partial charge >= 0.3 is 5.97 Å². The Labute approximate surface area is 119 Å². The Bertz CT molecular complexity index is 624. The highest BCUT2D eigenvalue weighted by atomic mass is 35.5. The molecule has 1 N–H and O–H groups in total. The molecule has 0 spiro atoms. The van der Waals surface area contributed by atoms with Gasteiger partial charge in [0.2, 0.25) is 0 Å². The quantitative estimate of drug-likeness (QED) is 0.846. The van der Waals surface area contributed by atoms with Gasteiger partial charge in [-0.15, -0.1) is 0 Å². The van der Waals surface area contributed by atoms with Gasteiger partial charge in [-0.1, -0.05) is 53.0 Å². The maximum Gasteiger partial charge on any atom is 0.337 e. The Balaban J connectivity index is 2.75. The second-order valence-corrected chi connectivity index (χ2v) is 4.76. The minimum atomic E-state index is -1.11. The molecule has 0 saturated carbocycles. The van der Waals surface area contributed by atoms with Gasteiger partial charge in [0, 0.05) is 21.2 Å². The van der Waals surface area contributed by atoms with Crippen LogP contribution in [0.25, 0.3) is 11.1 Å². The van der Waals surface area contributed by atoms with Gasteiger partial charge in [-0.2, -0.15) is 0 Å². The van der Waals surface area contributed by atoms with Crippen LogP contribution in [0, 0.1) is 0 Å². The van der Waals surface area contributed by atoms with Crippen LogP contribution >= 0.6 is 34.8 Å². The van der Waals surface area contributed by atoms with Crippen LogP contribution in [0.2, 0.25) is 15.1 Å². The summed E-state index contributed by atoms with van der Waals surface area (Å²) in [4.78, 5) is 11.0. The number of carboxylic acid groups (broad SMARTS) is 1. The van der Waals surface area contributed by atoms with Crippen LogP contribution in [0.15, 0.2) is 36.4 Å². The van der Waals surface area contributed by atoms with Crippen LogP contribution in [0.5, 0.6) is 0 Å². The number of benzene rings is 2. The van der Waals surface area contributed by atoms with Crippen LogP contribution in [-0.2, 0) is 0 Å². The molecule has 0 radical (unpaired) electrons. The molecule has 0 bridgehead atoms. The molecule has 0 aliphatic rings. The maximum atomic E-state index is 11.0. The topological polar surface area (TPSA) is 37.3 Å². The van der Waals surface area contributed by atoms with E-state index >= 15 is 0 Å². The molecule has 0 aliphatic heterocycles. The molecule has 0 saturated heterocycles. The van der Waals surface area contributed by atoms with E-state index in [1.807, 2.05) is 0 Å². The molecule has 0 aliphatic carbocycles. The Morgan fingerprint density at radius 3 is 2.22 bits per heavy atom. The van der Waals surface area contributed by atoms with Crippen LogP contribution < -0.4 is 0 Å². The second-order valence-electron chi connectivity index (χ2n) is 3.57. The fraction of sp³-hybridized carbons (Fsp3) is 0. The van der Waals surface area contributed by atoms with Gasteiger partial charge < -0.3 is 5.11 Å². The summed E-state index contributed by atoms with van der Waals surface area (Å²) in [6.45, 7) is 0. The van der Waals surface area contributed by atoms with Crippen molar-refractivity contribution in [2.75, 3.05) is 0 Å². The molecule has 2 rings (SSSR count). The minimum absolute atomic E-state index is 0.00372. The summed E-state index contributed by atoms with van der Waals surface area (Å²) in [5.74, 6) is -1.11. The van der Waals surface area contributed by atoms with Crippen molar-refractivity contribution in [3.63, 3.8) is 0 Å². The van der Waals surface area contributed by atoms with Gasteiger partial charge in [0.05, 0.1) is 10.6 Å². The average molecular weight is 302 g/mol. The van der Waals surface area contributed by atoms with Crippen molar-refractivity contribution in [3.05, 3.63) is 57.0 Å². The first-order chi connectivity index (χ1) is 8.52. The predicted octanol–water partition coefficient (Wildman–Crippen LogP) is 5.01. The highest BCUT2D eigenvalue weighted by molar-refractivity contribution is 6.42. The van der Waals surface area contributed by atoms with E-state index in [0.29, 0.717) is 21.2 Å². The van der Waals surface area contributed by atoms with Crippen LogP contribution in [0.3, 0.4) is 0 Å². The Kier molecular flexibility index (Phi) is 3.81. The molecule has 0 unspecified atom stereocenters. The summed E-state index contributed by atoms with van der Waals surface area (Å²) in [6.07, 6.45) is 0. The maximum absolute atomic E-state index is 11.0. The monoisotopic (exact) mass is 300 g/mol. The zero-order valence-corrected chi connectivity index (χ0v) is 11.2. The zero-order chi connectivity index (χ0) is 13.3. The van der Waals surface area contributed by atoms with E-state index in [-0.39, 0.29) is 10.6 Å². The number of rotatable bonds is 2. The zero-order valence-electron chi connectivity index (χ0n) is 8.95. The van der Waals surface area contributed by atoms with Crippen molar-refractivity contribution < 1.29 is 9.90 Å². The fourth-order valence-corrected chi connectivity index (χ4v) is 2.51. The Hall–Kier alpha value is -1.22. The third kappa shape index (κ3) is 2.32. The minimum Gasteiger partial charge on any atom is -0.478 e. The van der Waals surface area contributed by atoms with Gasteiger partial charge in [-0.25, -0.2) is 4.79 Å². The number of hydrogen-bond donors (Lipinski definition) is 1. The standard InChI is InChI=1S/C13H7Cl3O2/c14-9-4-2-1-3-7(9)11-10(15)6-5-8(12(11)16)13(17)18/h1-6H,(H,17,18). The van der Waals surface area contributed by atoms with Gasteiger partial charge in [0.15, 0.2) is 0 Å². The fourth-order valence-electron chi connectivity index (χ4n) is 1.63. The molecule has 2 aromatic carbocycles. The van der Waals surface area contributed by atoms with E-state index in [1.165, 1.54) is 12.1 Å². The molecule has 0 amide bonds. The lowest BCUT2D eigenvalue weighted by Crippen LogP contribution is -1.99. The average Bonchev–Trinajstić information content (AvgIpc) is 2.31. The van der Waals surface area contributed by atoms with Gasteiger partial charge in [-0.05, 0) is 18.2 Å². The van der Waals surface area contributed by atoms with Crippen molar-refractivity contribution >= 4 is 40.8 Å². The molecular weight excluding hydrogens is 294 g/mol. The van der Waals surface area contributed by atoms with E-state index < -0.39 is 5.97 Å². The number of carbonyl (C=O) groups is 1. The molecule has 92 valence electrons. The molecular formula is C13H7Cl3O2. The van der Waals surface area contributed by atoms with E-state index in [1.54, 1.807) is 24.3 Å². The normalized spacial score (nSPS) is 10.4. The third-order valence-electron chi connectivity index (χ3n) is 2.46. The molecule has 0 aromatic heterocycles. The summed E-state index contributed by atoms with van der Waals surface area (Å²) in [7, 11) is 0. The highest BCUT2D eigenvalue weighted by Crippen LogP contribution is 2.40. The van der Waals surface area contributed by atoms with Crippen molar-refractivity contribution in [2.45, 2.75) is 0 Å². The van der Waals surface area contributed by atoms with Gasteiger partial charge in [-0.3, -0.25) is 0 Å². The Morgan fingerprint density at radius 1 is 0.944 bits per heavy atom. The summed E-state index contributed by atoms with van der Waals surface area (Å²) >= 11 is 18.2. The molecule has 18 heavy (non-hydrogen) atoms. The lowest BCUT2D eigenvalue weighted by Gasteiger charge is -2.11. The molecule has 2 nitrogen and oxygen atoms in total. The van der Waals surface area contributed by atoms with Crippen molar-refractivity contribution in [1.82, 2.24) is 0 Å². The Morgan fingerprint density at radius 2 is 1.61 bits per heavy atom. The number of halogens is 3. The summed E-state index contributed by atoms with van der Waals surface area (Å²) < 4.78 is 0. The SMILES string of the molecule is O=C(O)c1ccc(Cl)c(-c2ccccc2Cl)c1Cl. The second kappa shape index (κ2) is 5.19. The first kappa shape index (κ1) is 13.2. The first-order valence-electron chi connectivity index (χ1n) is 4.98. The highest BCUT2D eigenvalue weighted by Gasteiger charge is 2.18. The van der Waals surface area contributed by atoms with E-state index in [9.17, 15) is 4.79 Å². The largest absolute Gasteiger partial charge is 0.478 e. The van der Waals surface area contributed by atoms with Gasteiger partial charge in [0.25, 0.3) is 0 Å². The molecule has 5 heteroatoms. The lowest BCUT2D eigenvalue weighted by molar-refractivity contribution is 0.0697. The molecule has 2 aromatic rings. The summed E-state index contributed by atoms with van der Waals surface area (Å²) in [5.41, 5.74) is 1.04. The summed E-state index contributed by atoms with van der Waals surface area (Å²) in [6, 6.07) is 9.84. The number of carboxylic acids is 1. The third-order valence-corrected chi connectivity index (χ3v) is 3.50. The van der Waals surface area contributed by atoms with Gasteiger partial charge in [0.1, 0.15) is 0 Å². The first-order valence-corrected chi connectivity index (χ1v) is 6.12. The van der Waals surface area contributed by atoms with E-state index in [4.69, 9.17) is 39.9 Å². The molecule has 0 fully saturated rings. The van der Waals surface area contributed by atoms with Crippen molar-refractivity contribution in [3.8, 4) is 11.1 Å². The van der Waals surface area contributed by atoms with Crippen LogP contribution in [0.1, 0.15) is 10.4 Å². The van der Waals surface area contributed by atoms with Crippen molar-refractivity contribution in [1.29, 1.82) is 0 Å². The van der Waals surface area contributed by atoms with Crippen LogP contribution in [-0.4, -0.2) is 11.1 Å². The summed E-state index contributed by atoms with van der Waals surface area (Å²) in [5, 5.41) is 9.94. The van der Waals surface area contributed by atoms with E-state index in [2.05, 4.69) is 0 Å². The predicted molar refractivity (Wildman–Crippen MR) is 73.9 cm³/mol. The van der Waals surface area contributed by atoms with Crippen molar-refractivity contribution in [2.24, 2.45) is 0 Å². The molecule has 0 heterocycles. The lowest BCUT2D eigenvalue weighted by atomic mass is 10.0. The number of hydrogen-bond acceptors (Lipinski definition) is 1. The van der Waals surface area contributed by atoms with Crippen LogP contribution in [0.4, 0.5) is 0 Å². The molecule has 0 atom stereocenters.